The molecule has 0 fully saturated rings. The van der Waals surface area contributed by atoms with Crippen molar-refractivity contribution in [2.24, 2.45) is 0 Å². The number of rotatable bonds is 3. The van der Waals surface area contributed by atoms with Crippen molar-refractivity contribution in [3.8, 4) is 16.7 Å². The van der Waals surface area contributed by atoms with E-state index in [1.807, 2.05) is 23.6 Å². The van der Waals surface area contributed by atoms with Crippen LogP contribution in [0, 0.1) is 0 Å². The number of hydrogen-bond donors (Lipinski definition) is 0. The first-order chi connectivity index (χ1) is 7.69. The summed E-state index contributed by atoms with van der Waals surface area (Å²) in [5.74, 6) is 1.49. The van der Waals surface area contributed by atoms with E-state index in [9.17, 15) is 0 Å². The van der Waals surface area contributed by atoms with Crippen LogP contribution in [0.3, 0.4) is 0 Å². The van der Waals surface area contributed by atoms with Gasteiger partial charge in [-0.15, -0.1) is 0 Å². The largest absolute Gasteiger partial charge is 0.497 e. The number of aromatic nitrogens is 1. The highest BCUT2D eigenvalue weighted by atomic mass is 79.9. The Labute approximate surface area is 114 Å². The van der Waals surface area contributed by atoms with Gasteiger partial charge in [0.2, 0.25) is 0 Å². The molecule has 0 aliphatic carbocycles. The topological polar surface area (TPSA) is 31.4 Å². The van der Waals surface area contributed by atoms with Gasteiger partial charge < -0.3 is 9.47 Å². The molecule has 0 saturated heterocycles. The summed E-state index contributed by atoms with van der Waals surface area (Å²) in [5, 5.41) is 2.46. The zero-order valence-corrected chi connectivity index (χ0v) is 12.2. The second kappa shape index (κ2) is 5.16. The molecule has 0 spiro atoms. The highest BCUT2D eigenvalue weighted by Gasteiger charge is 2.07. The lowest BCUT2D eigenvalue weighted by atomic mass is 10.3. The first kappa shape index (κ1) is 11.9. The van der Waals surface area contributed by atoms with Gasteiger partial charge in [0.25, 0.3) is 5.19 Å². The lowest BCUT2D eigenvalue weighted by Crippen LogP contribution is -1.87. The minimum absolute atomic E-state index is 0.595. The fourth-order valence-corrected chi connectivity index (χ4v) is 2.61. The number of ether oxygens (including phenoxy) is 2. The molecule has 1 heterocycles. The van der Waals surface area contributed by atoms with Crippen LogP contribution in [0.4, 0.5) is 0 Å². The molecule has 0 aliphatic heterocycles. The van der Waals surface area contributed by atoms with Crippen LogP contribution in [0.25, 0.3) is 0 Å². The van der Waals surface area contributed by atoms with Gasteiger partial charge in [-0.1, -0.05) is 11.3 Å². The lowest BCUT2D eigenvalue weighted by molar-refractivity contribution is 0.412. The molecule has 84 valence electrons. The van der Waals surface area contributed by atoms with Crippen LogP contribution >= 0.6 is 43.2 Å². The maximum atomic E-state index is 5.60. The van der Waals surface area contributed by atoms with Crippen LogP contribution in [0.5, 0.6) is 16.7 Å². The van der Waals surface area contributed by atoms with Crippen molar-refractivity contribution in [1.82, 2.24) is 4.98 Å². The fourth-order valence-electron chi connectivity index (χ4n) is 1.07. The Kier molecular flexibility index (Phi) is 3.83. The maximum absolute atomic E-state index is 5.60. The third-order valence-corrected chi connectivity index (χ3v) is 3.84. The number of thiazole rings is 1. The average molecular weight is 365 g/mol. The highest BCUT2D eigenvalue weighted by molar-refractivity contribution is 9.10. The molecule has 1 aromatic heterocycles. The Balaban J connectivity index is 2.21. The molecule has 1 aromatic carbocycles. The van der Waals surface area contributed by atoms with Gasteiger partial charge in [-0.05, 0) is 50.1 Å². The first-order valence-corrected chi connectivity index (χ1v) is 6.78. The van der Waals surface area contributed by atoms with Gasteiger partial charge in [-0.3, -0.25) is 0 Å². The Morgan fingerprint density at radius 3 is 2.69 bits per heavy atom. The molecule has 0 saturated carbocycles. The number of benzene rings is 1. The molecule has 2 rings (SSSR count). The number of halogens is 2. The summed E-state index contributed by atoms with van der Waals surface area (Å²) >= 11 is 8.12. The monoisotopic (exact) mass is 363 g/mol. The summed E-state index contributed by atoms with van der Waals surface area (Å²) in [4.78, 5) is 4.15. The van der Waals surface area contributed by atoms with Crippen molar-refractivity contribution in [1.29, 1.82) is 0 Å². The van der Waals surface area contributed by atoms with Crippen LogP contribution in [0.15, 0.2) is 32.7 Å². The van der Waals surface area contributed by atoms with E-state index in [4.69, 9.17) is 9.47 Å². The summed E-state index contributed by atoms with van der Waals surface area (Å²) in [6.07, 6.45) is 0. The van der Waals surface area contributed by atoms with Crippen molar-refractivity contribution in [3.05, 3.63) is 32.7 Å². The van der Waals surface area contributed by atoms with E-state index in [1.165, 1.54) is 11.3 Å². The number of hydrogen-bond acceptors (Lipinski definition) is 4. The van der Waals surface area contributed by atoms with Crippen molar-refractivity contribution < 1.29 is 9.47 Å². The predicted octanol–water partition coefficient (Wildman–Crippen LogP) is 4.47. The van der Waals surface area contributed by atoms with E-state index >= 15 is 0 Å². The van der Waals surface area contributed by atoms with E-state index in [-0.39, 0.29) is 0 Å². The molecule has 0 bridgehead atoms. The van der Waals surface area contributed by atoms with Crippen LogP contribution in [-0.2, 0) is 0 Å². The molecule has 0 unspecified atom stereocenters. The third-order valence-electron chi connectivity index (χ3n) is 1.79. The Hall–Kier alpha value is -0.590. The second-order valence-electron chi connectivity index (χ2n) is 2.83. The summed E-state index contributed by atoms with van der Waals surface area (Å²) in [6.45, 7) is 0. The van der Waals surface area contributed by atoms with Crippen molar-refractivity contribution in [2.45, 2.75) is 0 Å². The van der Waals surface area contributed by atoms with E-state index < -0.39 is 0 Å². The normalized spacial score (nSPS) is 10.2. The van der Waals surface area contributed by atoms with Crippen molar-refractivity contribution in [3.63, 3.8) is 0 Å². The van der Waals surface area contributed by atoms with Crippen LogP contribution < -0.4 is 9.47 Å². The molecule has 3 nitrogen and oxygen atoms in total. The quantitative estimate of drug-likeness (QED) is 0.805. The minimum Gasteiger partial charge on any atom is -0.497 e. The number of nitrogens with zero attached hydrogens (tertiary/aromatic N) is 1. The number of methoxy groups -OCH3 is 1. The van der Waals surface area contributed by atoms with Gasteiger partial charge in [0.15, 0.2) is 0 Å². The van der Waals surface area contributed by atoms with Gasteiger partial charge in [-0.2, -0.15) is 4.98 Å². The minimum atomic E-state index is 0.595. The fraction of sp³-hybridized carbons (Fsp3) is 0.100. The summed E-state index contributed by atoms with van der Waals surface area (Å²) in [6, 6.07) is 5.51. The first-order valence-electron chi connectivity index (χ1n) is 4.31. The zero-order chi connectivity index (χ0) is 11.5. The Morgan fingerprint density at radius 1 is 1.31 bits per heavy atom. The van der Waals surface area contributed by atoms with Gasteiger partial charge in [0.05, 0.1) is 11.6 Å². The van der Waals surface area contributed by atoms with Gasteiger partial charge >= 0.3 is 0 Å². The van der Waals surface area contributed by atoms with E-state index in [0.717, 1.165) is 14.8 Å². The van der Waals surface area contributed by atoms with E-state index in [2.05, 4.69) is 36.8 Å². The molecule has 6 heteroatoms. The molecule has 16 heavy (non-hydrogen) atoms. The molecule has 0 aliphatic rings. The predicted molar refractivity (Wildman–Crippen MR) is 70.6 cm³/mol. The van der Waals surface area contributed by atoms with E-state index in [0.29, 0.717) is 10.9 Å². The second-order valence-corrected chi connectivity index (χ2v) is 5.32. The molecular formula is C10H7Br2NO2S. The summed E-state index contributed by atoms with van der Waals surface area (Å²) in [5.41, 5.74) is 0. The van der Waals surface area contributed by atoms with Gasteiger partial charge in [-0.25, -0.2) is 0 Å². The maximum Gasteiger partial charge on any atom is 0.279 e. The third kappa shape index (κ3) is 2.75. The zero-order valence-electron chi connectivity index (χ0n) is 8.24. The summed E-state index contributed by atoms with van der Waals surface area (Å²) < 4.78 is 12.3. The molecule has 0 amide bonds. The van der Waals surface area contributed by atoms with Gasteiger partial charge in [0, 0.05) is 5.38 Å². The Bertz CT molecular complexity index is 501. The van der Waals surface area contributed by atoms with Crippen molar-refractivity contribution >= 4 is 43.2 Å². The molecule has 0 N–H and O–H groups in total. The highest BCUT2D eigenvalue weighted by Crippen LogP contribution is 2.34. The van der Waals surface area contributed by atoms with Gasteiger partial charge in [0.1, 0.15) is 16.1 Å². The lowest BCUT2D eigenvalue weighted by Gasteiger charge is -2.06. The molecule has 2 aromatic rings. The standard InChI is InChI=1S/C10H7Br2NO2S/c1-14-6-2-3-8(7(11)4-6)15-10-13-9(12)5-16-10/h2-5H,1H3. The molecule has 0 atom stereocenters. The SMILES string of the molecule is COc1ccc(Oc2nc(Br)cs2)c(Br)c1. The average Bonchev–Trinajstić information content (AvgIpc) is 2.67. The Morgan fingerprint density at radius 2 is 2.12 bits per heavy atom. The van der Waals surface area contributed by atoms with E-state index in [1.54, 1.807) is 7.11 Å². The molecular weight excluding hydrogens is 358 g/mol. The van der Waals surface area contributed by atoms with Crippen LogP contribution in [0.2, 0.25) is 0 Å². The van der Waals surface area contributed by atoms with Crippen LogP contribution in [-0.4, -0.2) is 12.1 Å². The van der Waals surface area contributed by atoms with Crippen molar-refractivity contribution in [2.75, 3.05) is 7.11 Å². The smallest absolute Gasteiger partial charge is 0.279 e. The summed E-state index contributed by atoms with van der Waals surface area (Å²) in [7, 11) is 1.63. The van der Waals surface area contributed by atoms with Crippen LogP contribution in [0.1, 0.15) is 0 Å². The molecule has 0 radical (unpaired) electrons.